The zero-order chi connectivity index (χ0) is 23.8. The average molecular weight is 463 g/mol. The van der Waals surface area contributed by atoms with Gasteiger partial charge in [-0.2, -0.15) is 5.10 Å². The van der Waals surface area contributed by atoms with Crippen molar-refractivity contribution in [2.75, 3.05) is 13.1 Å². The van der Waals surface area contributed by atoms with E-state index in [-0.39, 0.29) is 29.2 Å². The Hall–Kier alpha value is -3.55. The van der Waals surface area contributed by atoms with Crippen LogP contribution in [0.15, 0.2) is 47.3 Å². The molecule has 2 aromatic carbocycles. The summed E-state index contributed by atoms with van der Waals surface area (Å²) in [7, 11) is 0. The summed E-state index contributed by atoms with van der Waals surface area (Å²) in [4.78, 5) is 38.2. The van der Waals surface area contributed by atoms with Crippen molar-refractivity contribution in [3.8, 4) is 16.8 Å². The zero-order valence-electron chi connectivity index (χ0n) is 19.1. The molecule has 5 rings (SSSR count). The first-order chi connectivity index (χ1) is 16.4. The standard InChI is InChI=1S/C26H27FN4O3/c1-16(32)11-17-3-2-4-20(12-17)21-7-8-23(22(27)14-21)31-24(28-29-26(31)34)13-18-9-10-30(15-18)25(33)19-5-6-19/h2-4,7-8,12,14,18-19H,5-6,9-11,13,15H2,1H3,(H,29,34)/t18-/m0/s1. The fraction of sp³-hybridized carbons (Fsp3) is 0.385. The van der Waals surface area contributed by atoms with E-state index in [1.165, 1.54) is 17.6 Å². The molecule has 3 aromatic rings. The highest BCUT2D eigenvalue weighted by atomic mass is 19.1. The van der Waals surface area contributed by atoms with Gasteiger partial charge in [-0.05, 0) is 60.9 Å². The number of aromatic nitrogens is 3. The van der Waals surface area contributed by atoms with Gasteiger partial charge in [-0.15, -0.1) is 0 Å². The highest BCUT2D eigenvalue weighted by Gasteiger charge is 2.37. The molecule has 2 heterocycles. The Morgan fingerprint density at radius 1 is 1.12 bits per heavy atom. The number of carbonyl (C=O) groups excluding carboxylic acids is 2. The number of hydrogen-bond donors (Lipinski definition) is 1. The smallest absolute Gasteiger partial charge is 0.342 e. The number of carbonyl (C=O) groups is 2. The van der Waals surface area contributed by atoms with Gasteiger partial charge in [0.2, 0.25) is 5.91 Å². The van der Waals surface area contributed by atoms with Gasteiger partial charge in [0.15, 0.2) is 0 Å². The molecule has 34 heavy (non-hydrogen) atoms. The first-order valence-corrected chi connectivity index (χ1v) is 11.7. The predicted octanol–water partition coefficient (Wildman–Crippen LogP) is 3.30. The SMILES string of the molecule is CC(=O)Cc1cccc(-c2ccc(-n3c(C[C@@H]4CCN(C(=O)C5CC5)C4)n[nH]c3=O)c(F)c2)c1. The summed E-state index contributed by atoms with van der Waals surface area (Å²) in [6.07, 6.45) is 3.62. The van der Waals surface area contributed by atoms with Crippen LogP contribution in [-0.4, -0.2) is 44.4 Å². The number of hydrogen-bond acceptors (Lipinski definition) is 4. The van der Waals surface area contributed by atoms with E-state index in [9.17, 15) is 14.4 Å². The number of ketones is 1. The molecular formula is C26H27FN4O3. The van der Waals surface area contributed by atoms with E-state index in [4.69, 9.17) is 0 Å². The molecule has 2 aliphatic rings. The minimum absolute atomic E-state index is 0.0628. The molecule has 0 bridgehead atoms. The van der Waals surface area contributed by atoms with Crippen molar-refractivity contribution in [1.29, 1.82) is 0 Å². The number of nitrogens with zero attached hydrogens (tertiary/aromatic N) is 3. The first kappa shape index (κ1) is 22.3. The fourth-order valence-electron chi connectivity index (χ4n) is 4.78. The van der Waals surface area contributed by atoms with Crippen LogP contribution in [0.25, 0.3) is 16.8 Å². The number of H-pyrrole nitrogens is 1. The van der Waals surface area contributed by atoms with E-state index in [0.717, 1.165) is 36.9 Å². The molecule has 0 unspecified atom stereocenters. The predicted molar refractivity (Wildman–Crippen MR) is 125 cm³/mol. The monoisotopic (exact) mass is 462 g/mol. The number of rotatable bonds is 7. The summed E-state index contributed by atoms with van der Waals surface area (Å²) in [6.45, 7) is 2.91. The first-order valence-electron chi connectivity index (χ1n) is 11.7. The van der Waals surface area contributed by atoms with Crippen LogP contribution in [-0.2, 0) is 22.4 Å². The Morgan fingerprint density at radius 3 is 2.65 bits per heavy atom. The maximum atomic E-state index is 15.2. The van der Waals surface area contributed by atoms with Crippen LogP contribution in [0.1, 0.15) is 37.6 Å². The van der Waals surface area contributed by atoms with Crippen molar-refractivity contribution in [3.63, 3.8) is 0 Å². The summed E-state index contributed by atoms with van der Waals surface area (Å²) in [5, 5.41) is 6.61. The number of benzene rings is 2. The summed E-state index contributed by atoms with van der Waals surface area (Å²) >= 11 is 0. The normalized spacial score (nSPS) is 17.8. The third-order valence-corrected chi connectivity index (χ3v) is 6.64. The quantitative estimate of drug-likeness (QED) is 0.584. The third kappa shape index (κ3) is 4.58. The molecule has 1 atom stereocenters. The number of nitrogens with one attached hydrogen (secondary N) is 1. The second kappa shape index (κ2) is 9.00. The van der Waals surface area contributed by atoms with Gasteiger partial charge in [0.25, 0.3) is 0 Å². The lowest BCUT2D eigenvalue weighted by molar-refractivity contribution is -0.131. The van der Waals surface area contributed by atoms with Crippen LogP contribution in [0.5, 0.6) is 0 Å². The van der Waals surface area contributed by atoms with E-state index in [2.05, 4.69) is 10.2 Å². The summed E-state index contributed by atoms with van der Waals surface area (Å²) in [5.41, 5.74) is 1.98. The molecule has 1 aliphatic carbocycles. The third-order valence-electron chi connectivity index (χ3n) is 6.64. The molecular weight excluding hydrogens is 435 g/mol. The number of aromatic amines is 1. The lowest BCUT2D eigenvalue weighted by Crippen LogP contribution is -2.30. The highest BCUT2D eigenvalue weighted by molar-refractivity contribution is 5.81. The molecule has 1 saturated heterocycles. The Balaban J connectivity index is 1.37. The van der Waals surface area contributed by atoms with E-state index >= 15 is 4.39 Å². The Labute approximate surface area is 196 Å². The van der Waals surface area contributed by atoms with Gasteiger partial charge in [0, 0.05) is 31.8 Å². The molecule has 1 amide bonds. The van der Waals surface area contributed by atoms with Gasteiger partial charge < -0.3 is 4.90 Å². The number of Topliss-reactive ketones (excluding diaryl/α,β-unsaturated/α-hetero) is 1. The number of likely N-dealkylation sites (tertiary alicyclic amines) is 1. The van der Waals surface area contributed by atoms with Crippen molar-refractivity contribution >= 4 is 11.7 Å². The summed E-state index contributed by atoms with van der Waals surface area (Å²) < 4.78 is 16.5. The molecule has 7 nitrogen and oxygen atoms in total. The van der Waals surface area contributed by atoms with Gasteiger partial charge in [0.05, 0.1) is 5.69 Å². The minimum Gasteiger partial charge on any atom is -0.342 e. The van der Waals surface area contributed by atoms with Gasteiger partial charge >= 0.3 is 5.69 Å². The lowest BCUT2D eigenvalue weighted by Gasteiger charge is -2.16. The van der Waals surface area contributed by atoms with E-state index in [1.54, 1.807) is 12.1 Å². The van der Waals surface area contributed by atoms with Crippen LogP contribution in [0.3, 0.4) is 0 Å². The molecule has 2 fully saturated rings. The molecule has 1 N–H and O–H groups in total. The Morgan fingerprint density at radius 2 is 1.91 bits per heavy atom. The molecule has 176 valence electrons. The highest BCUT2D eigenvalue weighted by Crippen LogP contribution is 2.33. The lowest BCUT2D eigenvalue weighted by atomic mass is 10.0. The fourth-order valence-corrected chi connectivity index (χ4v) is 4.78. The molecule has 1 aliphatic heterocycles. The second-order valence-corrected chi connectivity index (χ2v) is 9.44. The maximum Gasteiger partial charge on any atom is 0.348 e. The molecule has 0 radical (unpaired) electrons. The van der Waals surface area contributed by atoms with Crippen molar-refractivity contribution < 1.29 is 14.0 Å². The zero-order valence-corrected chi connectivity index (χ0v) is 19.1. The van der Waals surface area contributed by atoms with Gasteiger partial charge in [0.1, 0.15) is 17.4 Å². The van der Waals surface area contributed by atoms with Gasteiger partial charge in [-0.1, -0.05) is 30.3 Å². The summed E-state index contributed by atoms with van der Waals surface area (Å²) in [6, 6.07) is 12.2. The molecule has 1 saturated carbocycles. The average Bonchev–Trinajstić information content (AvgIpc) is 3.46. The van der Waals surface area contributed by atoms with E-state index in [0.29, 0.717) is 30.8 Å². The van der Waals surface area contributed by atoms with Crippen molar-refractivity contribution in [3.05, 3.63) is 70.2 Å². The van der Waals surface area contributed by atoms with Crippen LogP contribution in [0.4, 0.5) is 4.39 Å². The van der Waals surface area contributed by atoms with Crippen LogP contribution in [0.2, 0.25) is 0 Å². The maximum absolute atomic E-state index is 15.2. The number of amides is 1. The van der Waals surface area contributed by atoms with Gasteiger partial charge in [-0.25, -0.2) is 18.9 Å². The second-order valence-electron chi connectivity index (χ2n) is 9.44. The van der Waals surface area contributed by atoms with Crippen molar-refractivity contribution in [2.24, 2.45) is 11.8 Å². The summed E-state index contributed by atoms with van der Waals surface area (Å²) in [5.74, 6) is 0.604. The van der Waals surface area contributed by atoms with E-state index in [1.807, 2.05) is 29.2 Å². The van der Waals surface area contributed by atoms with E-state index < -0.39 is 11.5 Å². The Bertz CT molecular complexity index is 1310. The Kier molecular flexibility index (Phi) is 5.89. The molecule has 8 heteroatoms. The topological polar surface area (TPSA) is 88.1 Å². The van der Waals surface area contributed by atoms with Crippen LogP contribution >= 0.6 is 0 Å². The molecule has 1 aromatic heterocycles. The largest absolute Gasteiger partial charge is 0.348 e. The number of halogens is 1. The van der Waals surface area contributed by atoms with Crippen molar-refractivity contribution in [2.45, 2.75) is 39.0 Å². The van der Waals surface area contributed by atoms with Crippen molar-refractivity contribution in [1.82, 2.24) is 19.7 Å². The van der Waals surface area contributed by atoms with Crippen LogP contribution in [0, 0.1) is 17.7 Å². The minimum atomic E-state index is -0.531. The van der Waals surface area contributed by atoms with Gasteiger partial charge in [-0.3, -0.25) is 9.59 Å². The van der Waals surface area contributed by atoms with Crippen LogP contribution < -0.4 is 5.69 Å². The molecule has 0 spiro atoms.